The standard InChI is InChI=1S/C8H14N2O3S2/c9-7(14)4-8(11)10-5-6-2-1-3-15(6,12)13/h6H,1-5H2,(H2,9,14)(H,10,11). The van der Waals surface area contributed by atoms with Gasteiger partial charge in [-0.25, -0.2) is 8.42 Å². The summed E-state index contributed by atoms with van der Waals surface area (Å²) < 4.78 is 22.8. The van der Waals surface area contributed by atoms with Crippen LogP contribution in [0.25, 0.3) is 0 Å². The quantitative estimate of drug-likeness (QED) is 0.648. The van der Waals surface area contributed by atoms with Crippen LogP contribution in [0.4, 0.5) is 0 Å². The van der Waals surface area contributed by atoms with E-state index in [4.69, 9.17) is 5.73 Å². The Morgan fingerprint density at radius 3 is 2.67 bits per heavy atom. The maximum Gasteiger partial charge on any atom is 0.226 e. The molecular weight excluding hydrogens is 236 g/mol. The predicted molar refractivity (Wildman–Crippen MR) is 61.2 cm³/mol. The highest BCUT2D eigenvalue weighted by atomic mass is 32.2. The van der Waals surface area contributed by atoms with Crippen molar-refractivity contribution in [3.05, 3.63) is 0 Å². The molecule has 15 heavy (non-hydrogen) atoms. The fourth-order valence-electron chi connectivity index (χ4n) is 1.54. The van der Waals surface area contributed by atoms with Crippen molar-refractivity contribution < 1.29 is 13.2 Å². The number of nitrogens with two attached hydrogens (primary N) is 1. The lowest BCUT2D eigenvalue weighted by Gasteiger charge is -2.10. The van der Waals surface area contributed by atoms with Gasteiger partial charge in [-0.1, -0.05) is 12.2 Å². The zero-order chi connectivity index (χ0) is 11.5. The second-order valence-electron chi connectivity index (χ2n) is 3.58. The number of carbonyl (C=O) groups excluding carboxylic acids is 1. The Balaban J connectivity index is 2.38. The molecule has 1 saturated heterocycles. The Kier molecular flexibility index (Phi) is 4.04. The molecule has 1 amide bonds. The summed E-state index contributed by atoms with van der Waals surface area (Å²) >= 11 is 4.56. The van der Waals surface area contributed by atoms with E-state index in [0.717, 1.165) is 0 Å². The van der Waals surface area contributed by atoms with Gasteiger partial charge in [0.25, 0.3) is 0 Å². The third kappa shape index (κ3) is 3.75. The van der Waals surface area contributed by atoms with Crippen molar-refractivity contribution in [3.8, 4) is 0 Å². The van der Waals surface area contributed by atoms with Crippen molar-refractivity contribution in [1.82, 2.24) is 5.32 Å². The Morgan fingerprint density at radius 2 is 2.20 bits per heavy atom. The molecule has 5 nitrogen and oxygen atoms in total. The van der Waals surface area contributed by atoms with Gasteiger partial charge in [0.1, 0.15) is 0 Å². The highest BCUT2D eigenvalue weighted by Crippen LogP contribution is 2.18. The summed E-state index contributed by atoms with van der Waals surface area (Å²) in [6.07, 6.45) is 1.27. The molecule has 1 fully saturated rings. The number of amides is 1. The molecule has 1 heterocycles. The van der Waals surface area contributed by atoms with Crippen LogP contribution < -0.4 is 11.1 Å². The summed E-state index contributed by atoms with van der Waals surface area (Å²) in [4.78, 5) is 11.3. The van der Waals surface area contributed by atoms with Crippen molar-refractivity contribution in [2.24, 2.45) is 5.73 Å². The second-order valence-corrected chi connectivity index (χ2v) is 6.50. The zero-order valence-electron chi connectivity index (χ0n) is 8.23. The summed E-state index contributed by atoms with van der Waals surface area (Å²) in [7, 11) is -2.99. The average Bonchev–Trinajstić information content (AvgIpc) is 2.40. The molecule has 1 aliphatic rings. The number of nitrogens with one attached hydrogen (secondary N) is 1. The van der Waals surface area contributed by atoms with Crippen LogP contribution in [0.15, 0.2) is 0 Å². The largest absolute Gasteiger partial charge is 0.393 e. The van der Waals surface area contributed by atoms with Crippen LogP contribution in [0.1, 0.15) is 19.3 Å². The molecule has 0 aromatic rings. The van der Waals surface area contributed by atoms with E-state index in [2.05, 4.69) is 17.5 Å². The van der Waals surface area contributed by atoms with Gasteiger partial charge < -0.3 is 11.1 Å². The van der Waals surface area contributed by atoms with Crippen LogP contribution in [0.3, 0.4) is 0 Å². The average molecular weight is 250 g/mol. The van der Waals surface area contributed by atoms with E-state index < -0.39 is 15.1 Å². The highest BCUT2D eigenvalue weighted by Gasteiger charge is 2.31. The van der Waals surface area contributed by atoms with Gasteiger partial charge in [0.05, 0.1) is 22.4 Å². The molecule has 0 bridgehead atoms. The smallest absolute Gasteiger partial charge is 0.226 e. The minimum Gasteiger partial charge on any atom is -0.393 e. The second kappa shape index (κ2) is 4.89. The van der Waals surface area contributed by atoms with E-state index in [0.29, 0.717) is 12.8 Å². The normalized spacial score (nSPS) is 23.6. The molecule has 3 N–H and O–H groups in total. The molecule has 0 aromatic heterocycles. The third-order valence-electron chi connectivity index (χ3n) is 2.32. The van der Waals surface area contributed by atoms with Crippen molar-refractivity contribution in [2.45, 2.75) is 24.5 Å². The van der Waals surface area contributed by atoms with E-state index in [9.17, 15) is 13.2 Å². The molecular formula is C8H14N2O3S2. The van der Waals surface area contributed by atoms with Crippen molar-refractivity contribution in [1.29, 1.82) is 0 Å². The van der Waals surface area contributed by atoms with E-state index in [1.54, 1.807) is 0 Å². The Morgan fingerprint density at radius 1 is 1.53 bits per heavy atom. The first-order valence-electron chi connectivity index (χ1n) is 4.68. The van der Waals surface area contributed by atoms with Crippen LogP contribution in [-0.2, 0) is 14.6 Å². The van der Waals surface area contributed by atoms with Crippen LogP contribution >= 0.6 is 12.2 Å². The van der Waals surface area contributed by atoms with Gasteiger partial charge in [0.15, 0.2) is 9.84 Å². The van der Waals surface area contributed by atoms with Crippen molar-refractivity contribution >= 4 is 33.0 Å². The fraction of sp³-hybridized carbons (Fsp3) is 0.750. The lowest BCUT2D eigenvalue weighted by molar-refractivity contribution is -0.119. The van der Waals surface area contributed by atoms with Crippen molar-refractivity contribution in [2.75, 3.05) is 12.3 Å². The number of hydrogen-bond donors (Lipinski definition) is 2. The third-order valence-corrected chi connectivity index (χ3v) is 4.74. The molecule has 0 radical (unpaired) electrons. The monoisotopic (exact) mass is 250 g/mol. The predicted octanol–water partition coefficient (Wildman–Crippen LogP) is -0.644. The summed E-state index contributed by atoms with van der Waals surface area (Å²) in [6, 6.07) is 0. The molecule has 1 atom stereocenters. The number of sulfone groups is 1. The lowest BCUT2D eigenvalue weighted by atomic mass is 10.2. The lowest BCUT2D eigenvalue weighted by Crippen LogP contribution is -2.36. The van der Waals surface area contributed by atoms with Gasteiger partial charge in [0.2, 0.25) is 5.91 Å². The zero-order valence-corrected chi connectivity index (χ0v) is 9.86. The molecule has 0 spiro atoms. The minimum atomic E-state index is -2.99. The fourth-order valence-corrected chi connectivity index (χ4v) is 3.43. The van der Waals surface area contributed by atoms with E-state index in [1.807, 2.05) is 0 Å². The maximum absolute atomic E-state index is 11.4. The van der Waals surface area contributed by atoms with Gasteiger partial charge in [-0.15, -0.1) is 0 Å². The molecule has 7 heteroatoms. The van der Waals surface area contributed by atoms with Crippen LogP contribution in [0.2, 0.25) is 0 Å². The first-order valence-corrected chi connectivity index (χ1v) is 6.81. The van der Waals surface area contributed by atoms with E-state index in [1.165, 1.54) is 0 Å². The van der Waals surface area contributed by atoms with Crippen LogP contribution in [-0.4, -0.2) is 36.9 Å². The Bertz CT molecular complexity index is 364. The van der Waals surface area contributed by atoms with E-state index in [-0.39, 0.29) is 29.6 Å². The molecule has 86 valence electrons. The molecule has 1 rings (SSSR count). The van der Waals surface area contributed by atoms with Gasteiger partial charge in [-0.3, -0.25) is 4.79 Å². The maximum atomic E-state index is 11.4. The topological polar surface area (TPSA) is 89.3 Å². The molecule has 0 aromatic carbocycles. The number of thiocarbonyl (C=S) groups is 1. The Labute approximate surface area is 94.3 Å². The molecule has 1 unspecified atom stereocenters. The molecule has 0 aliphatic carbocycles. The summed E-state index contributed by atoms with van der Waals surface area (Å²) in [5.41, 5.74) is 5.18. The van der Waals surface area contributed by atoms with E-state index >= 15 is 0 Å². The SMILES string of the molecule is NC(=S)CC(=O)NCC1CCCS1(=O)=O. The first kappa shape index (κ1) is 12.4. The van der Waals surface area contributed by atoms with Gasteiger partial charge in [-0.05, 0) is 12.8 Å². The number of rotatable bonds is 4. The number of carbonyl (C=O) groups is 1. The van der Waals surface area contributed by atoms with Crippen LogP contribution in [0, 0.1) is 0 Å². The Hall–Kier alpha value is -0.690. The van der Waals surface area contributed by atoms with Gasteiger partial charge in [0, 0.05) is 6.54 Å². The minimum absolute atomic E-state index is 0.0257. The first-order chi connectivity index (χ1) is 6.92. The van der Waals surface area contributed by atoms with Crippen molar-refractivity contribution in [3.63, 3.8) is 0 Å². The van der Waals surface area contributed by atoms with Gasteiger partial charge >= 0.3 is 0 Å². The van der Waals surface area contributed by atoms with Crippen LogP contribution in [0.5, 0.6) is 0 Å². The summed E-state index contributed by atoms with van der Waals surface area (Å²) in [6.45, 7) is 0.170. The van der Waals surface area contributed by atoms with Gasteiger partial charge in [-0.2, -0.15) is 0 Å². The highest BCUT2D eigenvalue weighted by molar-refractivity contribution is 7.92. The summed E-state index contributed by atoms with van der Waals surface area (Å²) in [5, 5.41) is 2.09. The molecule has 1 aliphatic heterocycles. The summed E-state index contributed by atoms with van der Waals surface area (Å²) in [5.74, 6) is -0.0901. The molecule has 0 saturated carbocycles. The number of hydrogen-bond acceptors (Lipinski definition) is 4.